The third-order valence-electron chi connectivity index (χ3n) is 2.65. The van der Waals surface area contributed by atoms with Crippen molar-refractivity contribution in [2.75, 3.05) is 30.0 Å². The van der Waals surface area contributed by atoms with E-state index in [1.165, 1.54) is 49.2 Å². The van der Waals surface area contributed by atoms with Crippen molar-refractivity contribution in [3.8, 4) is 0 Å². The van der Waals surface area contributed by atoms with Crippen LogP contribution in [0, 0.1) is 0 Å². The second-order valence-corrected chi connectivity index (χ2v) is 9.19. The van der Waals surface area contributed by atoms with Gasteiger partial charge in [-0.2, -0.15) is 0 Å². The Morgan fingerprint density at radius 3 is 1.36 bits per heavy atom. The van der Waals surface area contributed by atoms with Crippen molar-refractivity contribution in [2.45, 2.75) is 40.0 Å². The first-order chi connectivity index (χ1) is 6.24. The van der Waals surface area contributed by atoms with Crippen LogP contribution in [0.15, 0.2) is 0 Å². The van der Waals surface area contributed by atoms with E-state index in [0.717, 1.165) is 0 Å². The van der Waals surface area contributed by atoms with Crippen LogP contribution in [0.1, 0.15) is 40.0 Å². The maximum atomic E-state index is 3.62. The first-order valence-electron chi connectivity index (χ1n) is 5.65. The van der Waals surface area contributed by atoms with E-state index in [0.29, 0.717) is 0 Å². The van der Waals surface area contributed by atoms with Crippen LogP contribution in [0.3, 0.4) is 0 Å². The van der Waals surface area contributed by atoms with Gasteiger partial charge in [-0.15, -0.1) is 17.0 Å². The Bertz CT molecular complexity index is 88.3. The summed E-state index contributed by atoms with van der Waals surface area (Å²) < 4.78 is 0. The molecule has 0 fully saturated rings. The molecule has 0 heterocycles. The molecule has 0 aliphatic carbocycles. The molecule has 0 N–H and O–H groups in total. The maximum absolute atomic E-state index is 3.62. The molecule has 0 saturated carbocycles. The lowest BCUT2D eigenvalue weighted by molar-refractivity contribution is 0.990. The largest absolute Gasteiger partial charge is 0.114 e. The summed E-state index contributed by atoms with van der Waals surface area (Å²) in [4.78, 5) is 0. The van der Waals surface area contributed by atoms with Crippen molar-refractivity contribution >= 4 is 40.2 Å². The third kappa shape index (κ3) is 6.80. The smallest absolute Gasteiger partial charge is 0.0691 e. The summed E-state index contributed by atoms with van der Waals surface area (Å²) in [6, 6.07) is 0. The second-order valence-electron chi connectivity index (χ2n) is 3.93. The van der Waals surface area contributed by atoms with Crippen LogP contribution in [0.4, 0.5) is 0 Å². The van der Waals surface area contributed by atoms with Crippen LogP contribution in [0.25, 0.3) is 0 Å². The molecule has 0 aromatic carbocycles. The van der Waals surface area contributed by atoms with Crippen molar-refractivity contribution in [1.82, 2.24) is 0 Å². The van der Waals surface area contributed by atoms with Crippen LogP contribution in [0.2, 0.25) is 0 Å². The van der Waals surface area contributed by atoms with E-state index in [4.69, 9.17) is 0 Å². The molecule has 88 valence electrons. The lowest BCUT2D eigenvalue weighted by atomic mass is 10.6. The lowest BCUT2D eigenvalue weighted by Crippen LogP contribution is -2.12. The van der Waals surface area contributed by atoms with Crippen molar-refractivity contribution in [1.29, 1.82) is 0 Å². The van der Waals surface area contributed by atoms with Gasteiger partial charge in [-0.1, -0.05) is 36.7 Å². The van der Waals surface area contributed by atoms with Gasteiger partial charge in [0.05, 0.1) is 24.6 Å². The maximum Gasteiger partial charge on any atom is 0.0691 e. The minimum atomic E-state index is -0.543. The standard InChI is InChI=1S/C11H25BrP.BrH/c1-4-8-13(9-5-2,10-6-3)11-7-12;/h4-11H2,1-3H3;1H/q+1;. The first-order valence-corrected chi connectivity index (χ1v) is 9.30. The van der Waals surface area contributed by atoms with Crippen LogP contribution >= 0.6 is 40.2 Å². The lowest BCUT2D eigenvalue weighted by Gasteiger charge is -2.26. The summed E-state index contributed by atoms with van der Waals surface area (Å²) in [6.45, 7) is 7.02. The fraction of sp³-hybridized carbons (Fsp3) is 1.00. The van der Waals surface area contributed by atoms with E-state index in [9.17, 15) is 0 Å². The van der Waals surface area contributed by atoms with E-state index >= 15 is 0 Å². The van der Waals surface area contributed by atoms with E-state index in [1.54, 1.807) is 0 Å². The predicted molar refractivity (Wildman–Crippen MR) is 81.4 cm³/mol. The zero-order valence-corrected chi connectivity index (χ0v) is 14.1. The Kier molecular flexibility index (Phi) is 13.8. The van der Waals surface area contributed by atoms with Crippen LogP contribution in [-0.2, 0) is 0 Å². The summed E-state index contributed by atoms with van der Waals surface area (Å²) in [5.74, 6) is 0. The quantitative estimate of drug-likeness (QED) is 0.417. The highest BCUT2D eigenvalue weighted by Crippen LogP contribution is 2.60. The van der Waals surface area contributed by atoms with Crippen molar-refractivity contribution in [3.05, 3.63) is 0 Å². The number of hydrogen-bond donors (Lipinski definition) is 0. The molecule has 0 atom stereocenters. The summed E-state index contributed by atoms with van der Waals surface area (Å²) >= 11 is 3.62. The zero-order chi connectivity index (χ0) is 10.2. The minimum Gasteiger partial charge on any atom is -0.114 e. The second kappa shape index (κ2) is 10.9. The van der Waals surface area contributed by atoms with Crippen LogP contribution < -0.4 is 0 Å². The summed E-state index contributed by atoms with van der Waals surface area (Å²) in [5.41, 5.74) is 0. The highest BCUT2D eigenvalue weighted by molar-refractivity contribution is 9.09. The van der Waals surface area contributed by atoms with Crippen LogP contribution in [0.5, 0.6) is 0 Å². The molecule has 0 saturated heterocycles. The number of alkyl halides is 1. The van der Waals surface area contributed by atoms with Crippen molar-refractivity contribution in [2.24, 2.45) is 0 Å². The Labute approximate surface area is 110 Å². The third-order valence-corrected chi connectivity index (χ3v) is 9.02. The molecule has 0 aromatic heterocycles. The predicted octanol–water partition coefficient (Wildman–Crippen LogP) is 5.21. The molecule has 0 bridgehead atoms. The van der Waals surface area contributed by atoms with Gasteiger partial charge < -0.3 is 0 Å². The monoisotopic (exact) mass is 347 g/mol. The number of rotatable bonds is 8. The molecular weight excluding hydrogens is 323 g/mol. The molecule has 0 aromatic rings. The van der Waals surface area contributed by atoms with Gasteiger partial charge in [-0.25, -0.2) is 0 Å². The molecule has 0 aliphatic heterocycles. The zero-order valence-electron chi connectivity index (χ0n) is 9.89. The summed E-state index contributed by atoms with van der Waals surface area (Å²) in [7, 11) is -0.543. The van der Waals surface area contributed by atoms with Gasteiger partial charge in [0.25, 0.3) is 0 Å². The topological polar surface area (TPSA) is 0 Å². The fourth-order valence-corrected chi connectivity index (χ4v) is 9.08. The Hall–Kier alpha value is 1.39. The Balaban J connectivity index is 0. The molecule has 0 radical (unpaired) electrons. The highest BCUT2D eigenvalue weighted by Gasteiger charge is 2.33. The molecule has 3 heteroatoms. The molecule has 0 unspecified atom stereocenters. The van der Waals surface area contributed by atoms with E-state index < -0.39 is 7.26 Å². The molecule has 0 rings (SSSR count). The molecule has 0 spiro atoms. The van der Waals surface area contributed by atoms with E-state index in [2.05, 4.69) is 36.7 Å². The molecular formula is C11H26Br2P+. The summed E-state index contributed by atoms with van der Waals surface area (Å²) in [5, 5.41) is 1.22. The molecule has 0 aliphatic rings. The Morgan fingerprint density at radius 1 is 0.786 bits per heavy atom. The van der Waals surface area contributed by atoms with Gasteiger partial charge >= 0.3 is 0 Å². The van der Waals surface area contributed by atoms with Gasteiger partial charge in [0.15, 0.2) is 0 Å². The number of hydrogen-bond acceptors (Lipinski definition) is 0. The van der Waals surface area contributed by atoms with Gasteiger partial charge in [0, 0.05) is 12.6 Å². The minimum absolute atomic E-state index is 0. The molecule has 14 heavy (non-hydrogen) atoms. The van der Waals surface area contributed by atoms with Gasteiger partial charge in [0.1, 0.15) is 0 Å². The normalized spacial score (nSPS) is 11.1. The van der Waals surface area contributed by atoms with E-state index in [1.807, 2.05) is 0 Å². The molecule has 0 nitrogen and oxygen atoms in total. The SMILES string of the molecule is Br.CCC[P+](CCC)(CCC)CCBr. The Morgan fingerprint density at radius 2 is 1.14 bits per heavy atom. The van der Waals surface area contributed by atoms with Gasteiger partial charge in [-0.05, 0) is 19.3 Å². The molecule has 0 amide bonds. The van der Waals surface area contributed by atoms with Crippen molar-refractivity contribution < 1.29 is 0 Å². The highest BCUT2D eigenvalue weighted by atomic mass is 79.9. The van der Waals surface area contributed by atoms with Crippen molar-refractivity contribution in [3.63, 3.8) is 0 Å². The average molecular weight is 349 g/mol. The first kappa shape index (κ1) is 17.8. The number of halogens is 2. The average Bonchev–Trinajstić information content (AvgIpc) is 2.06. The van der Waals surface area contributed by atoms with Gasteiger partial charge in [-0.3, -0.25) is 0 Å². The van der Waals surface area contributed by atoms with Gasteiger partial charge in [0.2, 0.25) is 0 Å². The fourth-order valence-electron chi connectivity index (χ4n) is 2.27. The summed E-state index contributed by atoms with van der Waals surface area (Å²) in [6.07, 6.45) is 10.2. The van der Waals surface area contributed by atoms with Crippen LogP contribution in [-0.4, -0.2) is 30.0 Å². The van der Waals surface area contributed by atoms with E-state index in [-0.39, 0.29) is 17.0 Å².